The number of alkyl halides is 1. The summed E-state index contributed by atoms with van der Waals surface area (Å²) in [5.74, 6) is -0.232. The van der Waals surface area contributed by atoms with E-state index in [2.05, 4.69) is 26.0 Å². The number of amides is 1. The largest absolute Gasteiger partial charge is 0.350 e. The summed E-state index contributed by atoms with van der Waals surface area (Å²) in [6, 6.07) is 6.37. The van der Waals surface area contributed by atoms with Crippen molar-refractivity contribution in [2.45, 2.75) is 19.9 Å². The van der Waals surface area contributed by atoms with E-state index in [4.69, 9.17) is 0 Å². The van der Waals surface area contributed by atoms with Crippen LogP contribution in [0.3, 0.4) is 0 Å². The van der Waals surface area contributed by atoms with Gasteiger partial charge in [-0.1, -0.05) is 22.0 Å². The average Bonchev–Trinajstić information content (AvgIpc) is 2.28. The van der Waals surface area contributed by atoms with Crippen molar-refractivity contribution in [3.63, 3.8) is 0 Å². The molecule has 0 saturated heterocycles. The number of carbonyl (C=O) groups is 1. The molecule has 1 aromatic carbocycles. The maximum atomic E-state index is 11.7. The highest BCUT2D eigenvalue weighted by molar-refractivity contribution is 9.10. The van der Waals surface area contributed by atoms with Gasteiger partial charge in [0.2, 0.25) is 10.0 Å². The van der Waals surface area contributed by atoms with E-state index < -0.39 is 10.0 Å². The normalized spacial score (nSPS) is 11.3. The molecule has 0 aliphatic carbocycles. The predicted molar refractivity (Wildman–Crippen MR) is 75.4 cm³/mol. The van der Waals surface area contributed by atoms with Crippen LogP contribution in [0.1, 0.15) is 24.2 Å². The van der Waals surface area contributed by atoms with E-state index in [1.165, 1.54) is 6.07 Å². The summed E-state index contributed by atoms with van der Waals surface area (Å²) in [4.78, 5) is 11.7. The third-order valence-corrected chi connectivity index (χ3v) is 4.60. The number of benzene rings is 1. The van der Waals surface area contributed by atoms with Gasteiger partial charge in [0.15, 0.2) is 0 Å². The van der Waals surface area contributed by atoms with Crippen LogP contribution in [0.2, 0.25) is 0 Å². The smallest absolute Gasteiger partial charge is 0.251 e. The molecule has 0 aliphatic rings. The Labute approximate surface area is 115 Å². The van der Waals surface area contributed by atoms with E-state index >= 15 is 0 Å². The first-order chi connectivity index (χ1) is 8.34. The Balaban J connectivity index is 2.89. The van der Waals surface area contributed by atoms with Gasteiger partial charge in [-0.3, -0.25) is 9.52 Å². The van der Waals surface area contributed by atoms with Crippen LogP contribution in [0.5, 0.6) is 0 Å². The van der Waals surface area contributed by atoms with Crippen LogP contribution >= 0.6 is 15.9 Å². The molecule has 0 bridgehead atoms. The van der Waals surface area contributed by atoms with Crippen LogP contribution in [-0.2, 0) is 10.0 Å². The van der Waals surface area contributed by atoms with E-state index in [-0.39, 0.29) is 16.6 Å². The lowest BCUT2D eigenvalue weighted by Gasteiger charge is -2.10. The highest BCUT2D eigenvalue weighted by atomic mass is 79.9. The lowest BCUT2D eigenvalue weighted by molar-refractivity contribution is 0.0943. The Bertz CT molecular complexity index is 529. The summed E-state index contributed by atoms with van der Waals surface area (Å²) in [5.41, 5.74) is 0.782. The minimum atomic E-state index is -3.40. The zero-order chi connectivity index (χ0) is 13.8. The van der Waals surface area contributed by atoms with Gasteiger partial charge < -0.3 is 5.32 Å². The number of carbonyl (C=O) groups excluding carboxylic acids is 1. The van der Waals surface area contributed by atoms with Crippen LogP contribution in [-0.4, -0.2) is 25.0 Å². The molecule has 1 rings (SSSR count). The van der Waals surface area contributed by atoms with E-state index in [0.29, 0.717) is 11.3 Å². The standard InChI is InChI=1S/C11H15BrN2O3S/c1-8(2)13-11(15)9-4-3-5-10(6-9)14-18(16,17)7-12/h3-6,8,14H,7H2,1-2H3,(H,13,15). The molecule has 0 atom stereocenters. The van der Waals surface area contributed by atoms with Crippen molar-refractivity contribution in [2.75, 3.05) is 9.38 Å². The molecule has 0 radical (unpaired) electrons. The fourth-order valence-corrected chi connectivity index (χ4v) is 2.16. The van der Waals surface area contributed by atoms with Crippen molar-refractivity contribution in [3.8, 4) is 0 Å². The van der Waals surface area contributed by atoms with Gasteiger partial charge in [0, 0.05) is 17.3 Å². The van der Waals surface area contributed by atoms with Crippen molar-refractivity contribution in [1.29, 1.82) is 0 Å². The second-order valence-electron chi connectivity index (χ2n) is 4.03. The first-order valence-electron chi connectivity index (χ1n) is 5.31. The van der Waals surface area contributed by atoms with Crippen LogP contribution < -0.4 is 10.0 Å². The predicted octanol–water partition coefficient (Wildman–Crippen LogP) is 1.92. The summed E-state index contributed by atoms with van der Waals surface area (Å²) in [6.07, 6.45) is 0. The summed E-state index contributed by atoms with van der Waals surface area (Å²) < 4.78 is 24.9. The maximum Gasteiger partial charge on any atom is 0.251 e. The first kappa shape index (κ1) is 15.0. The van der Waals surface area contributed by atoms with E-state index in [0.717, 1.165) is 0 Å². The lowest BCUT2D eigenvalue weighted by atomic mass is 10.2. The van der Waals surface area contributed by atoms with Crippen molar-refractivity contribution in [2.24, 2.45) is 0 Å². The molecular formula is C11H15BrN2O3S. The monoisotopic (exact) mass is 334 g/mol. The first-order valence-corrected chi connectivity index (χ1v) is 8.09. The summed E-state index contributed by atoms with van der Waals surface area (Å²) >= 11 is 2.88. The number of halogens is 1. The van der Waals surface area contributed by atoms with Crippen molar-refractivity contribution < 1.29 is 13.2 Å². The Morgan fingerprint density at radius 2 is 2.06 bits per heavy atom. The SMILES string of the molecule is CC(C)NC(=O)c1cccc(NS(=O)(=O)CBr)c1. The molecule has 7 heteroatoms. The van der Waals surface area contributed by atoms with Gasteiger partial charge >= 0.3 is 0 Å². The van der Waals surface area contributed by atoms with E-state index in [1.54, 1.807) is 18.2 Å². The molecule has 0 fully saturated rings. The third-order valence-electron chi connectivity index (χ3n) is 1.96. The fraction of sp³-hybridized carbons (Fsp3) is 0.364. The van der Waals surface area contributed by atoms with Gasteiger partial charge in [-0.05, 0) is 32.0 Å². The second kappa shape index (κ2) is 6.19. The molecule has 18 heavy (non-hydrogen) atoms. The summed E-state index contributed by atoms with van der Waals surface area (Å²) in [7, 11) is -3.40. The summed E-state index contributed by atoms with van der Waals surface area (Å²) in [6.45, 7) is 3.71. The molecule has 2 N–H and O–H groups in total. The topological polar surface area (TPSA) is 75.3 Å². The lowest BCUT2D eigenvalue weighted by Crippen LogP contribution is -2.30. The molecule has 5 nitrogen and oxygen atoms in total. The van der Waals surface area contributed by atoms with Gasteiger partial charge in [0.05, 0.1) is 0 Å². The highest BCUT2D eigenvalue weighted by Gasteiger charge is 2.11. The fourth-order valence-electron chi connectivity index (χ4n) is 1.28. The zero-order valence-electron chi connectivity index (χ0n) is 10.1. The maximum absolute atomic E-state index is 11.7. The van der Waals surface area contributed by atoms with E-state index in [9.17, 15) is 13.2 Å². The van der Waals surface area contributed by atoms with Gasteiger partial charge in [0.25, 0.3) is 5.91 Å². The number of hydrogen-bond acceptors (Lipinski definition) is 3. The summed E-state index contributed by atoms with van der Waals surface area (Å²) in [5, 5.41) is 2.74. The highest BCUT2D eigenvalue weighted by Crippen LogP contribution is 2.13. The molecule has 0 saturated carbocycles. The Morgan fingerprint density at radius 3 is 2.61 bits per heavy atom. The second-order valence-corrected chi connectivity index (χ2v) is 7.06. The molecule has 1 aromatic rings. The third kappa shape index (κ3) is 4.66. The van der Waals surface area contributed by atoms with Crippen LogP contribution in [0.4, 0.5) is 5.69 Å². The molecule has 0 aromatic heterocycles. The van der Waals surface area contributed by atoms with Crippen LogP contribution in [0, 0.1) is 0 Å². The molecule has 1 amide bonds. The Kier molecular flexibility index (Phi) is 5.15. The molecule has 0 aliphatic heterocycles. The number of rotatable bonds is 5. The quantitative estimate of drug-likeness (QED) is 0.808. The van der Waals surface area contributed by atoms with Crippen molar-refractivity contribution in [3.05, 3.63) is 29.8 Å². The molecular weight excluding hydrogens is 320 g/mol. The van der Waals surface area contributed by atoms with Gasteiger partial charge in [-0.2, -0.15) is 0 Å². The van der Waals surface area contributed by atoms with Crippen LogP contribution in [0.15, 0.2) is 24.3 Å². The van der Waals surface area contributed by atoms with E-state index in [1.807, 2.05) is 13.8 Å². The molecule has 0 unspecified atom stereocenters. The molecule has 0 spiro atoms. The van der Waals surface area contributed by atoms with Crippen molar-refractivity contribution >= 4 is 37.5 Å². The Morgan fingerprint density at radius 1 is 1.39 bits per heavy atom. The van der Waals surface area contributed by atoms with Crippen molar-refractivity contribution in [1.82, 2.24) is 5.32 Å². The number of sulfonamides is 1. The minimum Gasteiger partial charge on any atom is -0.350 e. The number of nitrogens with one attached hydrogen (secondary N) is 2. The van der Waals surface area contributed by atoms with Gasteiger partial charge in [-0.25, -0.2) is 8.42 Å². The number of anilines is 1. The molecule has 0 heterocycles. The number of hydrogen-bond donors (Lipinski definition) is 2. The van der Waals surface area contributed by atoms with Gasteiger partial charge in [-0.15, -0.1) is 0 Å². The molecule has 100 valence electrons. The van der Waals surface area contributed by atoms with Crippen LogP contribution in [0.25, 0.3) is 0 Å². The minimum absolute atomic E-state index is 0.0281. The zero-order valence-corrected chi connectivity index (χ0v) is 12.5. The van der Waals surface area contributed by atoms with Gasteiger partial charge in [0.1, 0.15) is 4.66 Å². The Hall–Kier alpha value is -1.08. The average molecular weight is 335 g/mol.